The van der Waals surface area contributed by atoms with Crippen molar-refractivity contribution in [2.45, 2.75) is 12.8 Å². The van der Waals surface area contributed by atoms with Crippen LogP contribution in [0.3, 0.4) is 0 Å². The average Bonchev–Trinajstić information content (AvgIpc) is 2.89. The zero-order chi connectivity index (χ0) is 13.8. The van der Waals surface area contributed by atoms with Gasteiger partial charge in [-0.1, -0.05) is 12.1 Å². The topological polar surface area (TPSA) is 66.8 Å². The molecule has 1 N–H and O–H groups in total. The van der Waals surface area contributed by atoms with E-state index in [1.807, 2.05) is 24.3 Å². The number of rotatable bonds is 4. The fraction of sp³-hybridized carbons (Fsp3) is 0.429. The fourth-order valence-electron chi connectivity index (χ4n) is 2.26. The van der Waals surface area contributed by atoms with E-state index >= 15 is 0 Å². The molecule has 2 rings (SSSR count). The molecule has 1 aliphatic rings. The summed E-state index contributed by atoms with van der Waals surface area (Å²) in [6.45, 7) is 0.845. The SMILES string of the molecule is COc1cccc(CC(=O)N2CCC(C(=O)O)C2)c1. The number of amides is 1. The van der Waals surface area contributed by atoms with Gasteiger partial charge >= 0.3 is 5.97 Å². The lowest BCUT2D eigenvalue weighted by Crippen LogP contribution is -2.31. The van der Waals surface area contributed by atoms with Gasteiger partial charge in [0, 0.05) is 13.1 Å². The second-order valence-electron chi connectivity index (χ2n) is 4.69. The maximum Gasteiger partial charge on any atom is 0.308 e. The van der Waals surface area contributed by atoms with E-state index in [0.717, 1.165) is 11.3 Å². The Labute approximate surface area is 111 Å². The maximum atomic E-state index is 12.1. The van der Waals surface area contributed by atoms with Crippen LogP contribution in [0.1, 0.15) is 12.0 Å². The van der Waals surface area contributed by atoms with Crippen LogP contribution >= 0.6 is 0 Å². The number of hydrogen-bond donors (Lipinski definition) is 1. The lowest BCUT2D eigenvalue weighted by Gasteiger charge is -2.16. The number of carbonyl (C=O) groups is 2. The van der Waals surface area contributed by atoms with Crippen LogP contribution in [0.5, 0.6) is 5.75 Å². The van der Waals surface area contributed by atoms with Crippen molar-refractivity contribution in [3.8, 4) is 5.75 Å². The first-order valence-corrected chi connectivity index (χ1v) is 6.23. The molecule has 0 spiro atoms. The highest BCUT2D eigenvalue weighted by atomic mass is 16.5. The van der Waals surface area contributed by atoms with Crippen LogP contribution in [0.4, 0.5) is 0 Å². The third kappa shape index (κ3) is 3.24. The van der Waals surface area contributed by atoms with Crippen molar-refractivity contribution in [3.05, 3.63) is 29.8 Å². The van der Waals surface area contributed by atoms with Crippen molar-refractivity contribution in [3.63, 3.8) is 0 Å². The van der Waals surface area contributed by atoms with Crippen molar-refractivity contribution in [2.24, 2.45) is 5.92 Å². The first-order valence-electron chi connectivity index (χ1n) is 6.23. The average molecular weight is 263 g/mol. The summed E-state index contributed by atoms with van der Waals surface area (Å²) >= 11 is 0. The Morgan fingerprint density at radius 1 is 1.47 bits per heavy atom. The summed E-state index contributed by atoms with van der Waals surface area (Å²) in [5.41, 5.74) is 0.878. The quantitative estimate of drug-likeness (QED) is 0.885. The molecular weight excluding hydrogens is 246 g/mol. The van der Waals surface area contributed by atoms with Gasteiger partial charge in [-0.2, -0.15) is 0 Å². The minimum Gasteiger partial charge on any atom is -0.497 e. The Morgan fingerprint density at radius 2 is 2.26 bits per heavy atom. The lowest BCUT2D eigenvalue weighted by atomic mass is 10.1. The van der Waals surface area contributed by atoms with Gasteiger partial charge in [-0.05, 0) is 24.1 Å². The first kappa shape index (κ1) is 13.4. The molecule has 0 saturated carbocycles. The molecule has 1 fully saturated rings. The zero-order valence-corrected chi connectivity index (χ0v) is 10.8. The first-order chi connectivity index (χ1) is 9.10. The molecule has 0 radical (unpaired) electrons. The van der Waals surface area contributed by atoms with Crippen molar-refractivity contribution in [1.82, 2.24) is 4.90 Å². The maximum absolute atomic E-state index is 12.1. The van der Waals surface area contributed by atoms with Crippen molar-refractivity contribution in [1.29, 1.82) is 0 Å². The van der Waals surface area contributed by atoms with Crippen LogP contribution in [-0.4, -0.2) is 42.1 Å². The fourth-order valence-corrected chi connectivity index (χ4v) is 2.26. The van der Waals surface area contributed by atoms with Gasteiger partial charge < -0.3 is 14.7 Å². The van der Waals surface area contributed by atoms with E-state index < -0.39 is 11.9 Å². The molecule has 5 nitrogen and oxygen atoms in total. The molecule has 1 heterocycles. The summed E-state index contributed by atoms with van der Waals surface area (Å²) in [4.78, 5) is 24.6. The Hall–Kier alpha value is -2.04. The van der Waals surface area contributed by atoms with Crippen molar-refractivity contribution >= 4 is 11.9 Å². The van der Waals surface area contributed by atoms with Crippen molar-refractivity contribution in [2.75, 3.05) is 20.2 Å². The van der Waals surface area contributed by atoms with Gasteiger partial charge in [-0.3, -0.25) is 9.59 Å². The summed E-state index contributed by atoms with van der Waals surface area (Å²) < 4.78 is 5.11. The van der Waals surface area contributed by atoms with E-state index in [1.165, 1.54) is 0 Å². The van der Waals surface area contributed by atoms with Gasteiger partial charge in [0.25, 0.3) is 0 Å². The van der Waals surface area contributed by atoms with Gasteiger partial charge in [-0.25, -0.2) is 0 Å². The van der Waals surface area contributed by atoms with Crippen LogP contribution in [0, 0.1) is 5.92 Å². The second kappa shape index (κ2) is 5.73. The second-order valence-corrected chi connectivity index (χ2v) is 4.69. The highest BCUT2D eigenvalue weighted by molar-refractivity contribution is 5.80. The molecule has 1 aromatic carbocycles. The molecule has 0 bridgehead atoms. The molecule has 0 aromatic heterocycles. The Morgan fingerprint density at radius 3 is 2.89 bits per heavy atom. The number of hydrogen-bond acceptors (Lipinski definition) is 3. The van der Waals surface area contributed by atoms with Gasteiger partial charge in [0.15, 0.2) is 0 Å². The Bertz CT molecular complexity index is 486. The predicted octanol–water partition coefficient (Wildman–Crippen LogP) is 1.17. The molecular formula is C14H17NO4. The molecule has 19 heavy (non-hydrogen) atoms. The van der Waals surface area contributed by atoms with E-state index in [4.69, 9.17) is 9.84 Å². The third-order valence-electron chi connectivity index (χ3n) is 3.38. The number of nitrogens with zero attached hydrogens (tertiary/aromatic N) is 1. The van der Waals surface area contributed by atoms with E-state index in [-0.39, 0.29) is 12.3 Å². The summed E-state index contributed by atoms with van der Waals surface area (Å²) in [7, 11) is 1.58. The van der Waals surface area contributed by atoms with Gasteiger partial charge in [0.2, 0.25) is 5.91 Å². The van der Waals surface area contributed by atoms with E-state index in [1.54, 1.807) is 12.0 Å². The largest absolute Gasteiger partial charge is 0.497 e. The number of aliphatic carboxylic acids is 1. The molecule has 1 saturated heterocycles. The highest BCUT2D eigenvalue weighted by Crippen LogP contribution is 2.19. The minimum atomic E-state index is -0.823. The number of carbonyl (C=O) groups excluding carboxylic acids is 1. The van der Waals surface area contributed by atoms with Crippen LogP contribution in [0.2, 0.25) is 0 Å². The Kier molecular flexibility index (Phi) is 4.04. The standard InChI is InChI=1S/C14H17NO4/c1-19-12-4-2-3-10(7-12)8-13(16)15-6-5-11(9-15)14(17)18/h2-4,7,11H,5-6,8-9H2,1H3,(H,17,18). The summed E-state index contributed by atoms with van der Waals surface area (Å²) in [6.07, 6.45) is 0.822. The number of benzene rings is 1. The van der Waals surface area contributed by atoms with Gasteiger partial charge in [0.1, 0.15) is 5.75 Å². The molecule has 1 aliphatic heterocycles. The molecule has 0 aliphatic carbocycles. The molecule has 1 atom stereocenters. The predicted molar refractivity (Wildman–Crippen MR) is 69.0 cm³/mol. The van der Waals surface area contributed by atoms with Crippen LogP contribution < -0.4 is 4.74 Å². The van der Waals surface area contributed by atoms with Crippen LogP contribution in [0.15, 0.2) is 24.3 Å². The van der Waals surface area contributed by atoms with Crippen LogP contribution in [0.25, 0.3) is 0 Å². The smallest absolute Gasteiger partial charge is 0.308 e. The monoisotopic (exact) mass is 263 g/mol. The molecule has 1 amide bonds. The molecule has 102 valence electrons. The van der Waals surface area contributed by atoms with E-state index in [9.17, 15) is 9.59 Å². The Balaban J connectivity index is 1.96. The highest BCUT2D eigenvalue weighted by Gasteiger charge is 2.30. The normalized spacial score (nSPS) is 18.4. The number of ether oxygens (including phenoxy) is 1. The summed E-state index contributed by atoms with van der Waals surface area (Å²) in [5, 5.41) is 8.92. The van der Waals surface area contributed by atoms with E-state index in [2.05, 4.69) is 0 Å². The van der Waals surface area contributed by atoms with Gasteiger partial charge in [0.05, 0.1) is 19.4 Å². The van der Waals surface area contributed by atoms with Crippen molar-refractivity contribution < 1.29 is 19.4 Å². The minimum absolute atomic E-state index is 0.0306. The number of methoxy groups -OCH3 is 1. The van der Waals surface area contributed by atoms with Gasteiger partial charge in [-0.15, -0.1) is 0 Å². The molecule has 1 aromatic rings. The van der Waals surface area contributed by atoms with Crippen LogP contribution in [-0.2, 0) is 16.0 Å². The molecule has 5 heteroatoms. The van der Waals surface area contributed by atoms with E-state index in [0.29, 0.717) is 19.5 Å². The number of carboxylic acid groups (broad SMARTS) is 1. The number of likely N-dealkylation sites (tertiary alicyclic amines) is 1. The lowest BCUT2D eigenvalue weighted by molar-refractivity contribution is -0.141. The molecule has 1 unspecified atom stereocenters. The third-order valence-corrected chi connectivity index (χ3v) is 3.38. The summed E-state index contributed by atoms with van der Waals surface area (Å²) in [5.74, 6) is -0.557. The number of carboxylic acids is 1. The summed E-state index contributed by atoms with van der Waals surface area (Å²) in [6, 6.07) is 7.35. The zero-order valence-electron chi connectivity index (χ0n) is 10.8.